The Labute approximate surface area is 145 Å². The molecule has 2 aromatic carbocycles. The van der Waals surface area contributed by atoms with Gasteiger partial charge in [0, 0.05) is 18.5 Å². The minimum atomic E-state index is 0.565. The summed E-state index contributed by atoms with van der Waals surface area (Å²) < 4.78 is 0. The molecule has 0 aromatic heterocycles. The second-order valence-corrected chi connectivity index (χ2v) is 7.44. The van der Waals surface area contributed by atoms with Crippen molar-refractivity contribution in [3.63, 3.8) is 0 Å². The molecule has 4 rings (SSSR count). The predicted octanol–water partition coefficient (Wildman–Crippen LogP) is 3.52. The third kappa shape index (κ3) is 3.21. The van der Waals surface area contributed by atoms with Gasteiger partial charge in [0.1, 0.15) is 0 Å². The average Bonchev–Trinajstić information content (AvgIpc) is 3.12. The van der Waals surface area contributed by atoms with Crippen LogP contribution in [-0.2, 0) is 0 Å². The highest BCUT2D eigenvalue weighted by molar-refractivity contribution is 5.83. The van der Waals surface area contributed by atoms with Crippen LogP contribution >= 0.6 is 0 Å². The van der Waals surface area contributed by atoms with Crippen LogP contribution < -0.4 is 10.9 Å². The van der Waals surface area contributed by atoms with E-state index >= 15 is 0 Å². The Balaban J connectivity index is 1.50. The Hall–Kier alpha value is -1.42. The molecule has 0 aliphatic carbocycles. The van der Waals surface area contributed by atoms with Crippen molar-refractivity contribution in [2.45, 2.75) is 38.1 Å². The number of hydrogen-bond donors (Lipinski definition) is 2. The molecule has 0 saturated carbocycles. The van der Waals surface area contributed by atoms with Gasteiger partial charge in [0.05, 0.1) is 0 Å². The topological polar surface area (TPSA) is 27.3 Å². The Morgan fingerprint density at radius 3 is 2.62 bits per heavy atom. The van der Waals surface area contributed by atoms with Crippen molar-refractivity contribution in [1.29, 1.82) is 0 Å². The van der Waals surface area contributed by atoms with E-state index < -0.39 is 0 Å². The molecule has 0 radical (unpaired) electrons. The van der Waals surface area contributed by atoms with Crippen LogP contribution in [0, 0.1) is 5.92 Å². The summed E-state index contributed by atoms with van der Waals surface area (Å²) in [5.74, 6) is 1.36. The van der Waals surface area contributed by atoms with Gasteiger partial charge in [-0.05, 0) is 61.2 Å². The van der Waals surface area contributed by atoms with Crippen molar-refractivity contribution in [3.05, 3.63) is 48.0 Å². The smallest absolute Gasteiger partial charge is 0.0323 e. The van der Waals surface area contributed by atoms with Crippen molar-refractivity contribution >= 4 is 10.8 Å². The number of rotatable bonds is 4. The Kier molecular flexibility index (Phi) is 4.83. The van der Waals surface area contributed by atoms with Crippen LogP contribution in [0.2, 0.25) is 0 Å². The summed E-state index contributed by atoms with van der Waals surface area (Å²) in [6, 6.07) is 16.3. The number of nitrogens with zero attached hydrogens (tertiary/aromatic N) is 1. The second-order valence-electron chi connectivity index (χ2n) is 7.44. The lowest BCUT2D eigenvalue weighted by Crippen LogP contribution is -2.44. The van der Waals surface area contributed by atoms with E-state index in [9.17, 15) is 0 Å². The molecule has 2 fully saturated rings. The molecule has 24 heavy (non-hydrogen) atoms. The average molecular weight is 323 g/mol. The number of piperidine rings is 1. The third-order valence-corrected chi connectivity index (χ3v) is 5.91. The Morgan fingerprint density at radius 1 is 1.04 bits per heavy atom. The van der Waals surface area contributed by atoms with Crippen molar-refractivity contribution in [1.82, 2.24) is 15.8 Å². The monoisotopic (exact) mass is 323 g/mol. The molecule has 3 heteroatoms. The normalized spacial score (nSPS) is 26.2. The van der Waals surface area contributed by atoms with Crippen molar-refractivity contribution in [2.24, 2.45) is 5.92 Å². The summed E-state index contributed by atoms with van der Waals surface area (Å²) in [5.41, 5.74) is 8.52. The molecule has 3 nitrogen and oxygen atoms in total. The molecule has 2 aromatic rings. The molecule has 128 valence electrons. The standard InChI is InChI=1S/C21H29N3/c1-2-11-24-12-9-17(10-13-24)21-20(15-22-23-21)19-8-7-16-5-3-4-6-18(16)14-19/h3-8,14,17,20-23H,2,9-13,15H2,1H3. The van der Waals surface area contributed by atoms with E-state index in [2.05, 4.69) is 65.1 Å². The van der Waals surface area contributed by atoms with E-state index in [4.69, 9.17) is 0 Å². The second kappa shape index (κ2) is 7.22. The van der Waals surface area contributed by atoms with Gasteiger partial charge >= 0.3 is 0 Å². The zero-order valence-corrected chi connectivity index (χ0v) is 14.7. The van der Waals surface area contributed by atoms with Gasteiger partial charge < -0.3 is 4.90 Å². The lowest BCUT2D eigenvalue weighted by Gasteiger charge is -2.36. The first-order valence-electron chi connectivity index (χ1n) is 9.54. The maximum atomic E-state index is 3.60. The first-order chi connectivity index (χ1) is 11.8. The highest BCUT2D eigenvalue weighted by atomic mass is 15.4. The van der Waals surface area contributed by atoms with Gasteiger partial charge in [-0.25, -0.2) is 0 Å². The maximum absolute atomic E-state index is 3.60. The van der Waals surface area contributed by atoms with Gasteiger partial charge in [-0.2, -0.15) is 0 Å². The van der Waals surface area contributed by atoms with E-state index in [1.165, 1.54) is 55.2 Å². The molecule has 2 atom stereocenters. The number of likely N-dealkylation sites (tertiary alicyclic amines) is 1. The molecular weight excluding hydrogens is 294 g/mol. The Bertz CT molecular complexity index is 676. The van der Waals surface area contributed by atoms with E-state index in [-0.39, 0.29) is 0 Å². The molecule has 0 amide bonds. The molecule has 0 bridgehead atoms. The van der Waals surface area contributed by atoms with Crippen LogP contribution in [0.1, 0.15) is 37.7 Å². The van der Waals surface area contributed by atoms with Crippen molar-refractivity contribution in [2.75, 3.05) is 26.2 Å². The number of hydrogen-bond acceptors (Lipinski definition) is 3. The summed E-state index contributed by atoms with van der Waals surface area (Å²) in [4.78, 5) is 2.63. The van der Waals surface area contributed by atoms with E-state index in [1.807, 2.05) is 0 Å². The first-order valence-corrected chi connectivity index (χ1v) is 9.54. The van der Waals surface area contributed by atoms with Crippen LogP contribution in [0.3, 0.4) is 0 Å². The summed E-state index contributed by atoms with van der Waals surface area (Å²) >= 11 is 0. The summed E-state index contributed by atoms with van der Waals surface area (Å²) in [6.07, 6.45) is 3.92. The van der Waals surface area contributed by atoms with Gasteiger partial charge in [-0.3, -0.25) is 10.9 Å². The van der Waals surface area contributed by atoms with Crippen LogP contribution in [-0.4, -0.2) is 37.1 Å². The predicted molar refractivity (Wildman–Crippen MR) is 101 cm³/mol. The van der Waals surface area contributed by atoms with Crippen LogP contribution in [0.15, 0.2) is 42.5 Å². The first kappa shape index (κ1) is 16.1. The van der Waals surface area contributed by atoms with Gasteiger partial charge in [0.15, 0.2) is 0 Å². The van der Waals surface area contributed by atoms with Gasteiger partial charge in [0.2, 0.25) is 0 Å². The lowest BCUT2D eigenvalue weighted by molar-refractivity contribution is 0.158. The van der Waals surface area contributed by atoms with Gasteiger partial charge in [0.25, 0.3) is 0 Å². The summed E-state index contributed by atoms with van der Waals surface area (Å²) in [6.45, 7) is 7.11. The van der Waals surface area contributed by atoms with Crippen molar-refractivity contribution in [3.8, 4) is 0 Å². The highest BCUT2D eigenvalue weighted by Gasteiger charge is 2.36. The molecule has 2 aliphatic heterocycles. The number of benzene rings is 2. The number of nitrogens with one attached hydrogen (secondary N) is 2. The van der Waals surface area contributed by atoms with Crippen molar-refractivity contribution < 1.29 is 0 Å². The Morgan fingerprint density at radius 2 is 1.83 bits per heavy atom. The van der Waals surface area contributed by atoms with E-state index in [0.29, 0.717) is 12.0 Å². The molecule has 2 saturated heterocycles. The molecular formula is C21H29N3. The number of hydrazine groups is 1. The van der Waals surface area contributed by atoms with Gasteiger partial charge in [-0.1, -0.05) is 49.4 Å². The minimum Gasteiger partial charge on any atom is -0.303 e. The molecule has 2 heterocycles. The van der Waals surface area contributed by atoms with Crippen LogP contribution in [0.25, 0.3) is 10.8 Å². The zero-order valence-electron chi connectivity index (χ0n) is 14.7. The molecule has 2 unspecified atom stereocenters. The fourth-order valence-electron chi connectivity index (χ4n) is 4.58. The molecule has 0 spiro atoms. The number of fused-ring (bicyclic) bond motifs is 1. The fourth-order valence-corrected chi connectivity index (χ4v) is 4.58. The van der Waals surface area contributed by atoms with Crippen LogP contribution in [0.4, 0.5) is 0 Å². The SMILES string of the molecule is CCCN1CCC(C2NNCC2c2ccc3ccccc3c2)CC1. The lowest BCUT2D eigenvalue weighted by atomic mass is 9.80. The largest absolute Gasteiger partial charge is 0.303 e. The van der Waals surface area contributed by atoms with E-state index in [1.54, 1.807) is 0 Å². The summed E-state index contributed by atoms with van der Waals surface area (Å²) in [5, 5.41) is 2.70. The highest BCUT2D eigenvalue weighted by Crippen LogP contribution is 2.33. The zero-order chi connectivity index (χ0) is 16.4. The van der Waals surface area contributed by atoms with Gasteiger partial charge in [-0.15, -0.1) is 0 Å². The molecule has 2 N–H and O–H groups in total. The third-order valence-electron chi connectivity index (χ3n) is 5.91. The van der Waals surface area contributed by atoms with E-state index in [0.717, 1.165) is 12.5 Å². The maximum Gasteiger partial charge on any atom is 0.0323 e. The summed E-state index contributed by atoms with van der Waals surface area (Å²) in [7, 11) is 0. The molecule has 2 aliphatic rings. The quantitative estimate of drug-likeness (QED) is 0.901. The fraction of sp³-hybridized carbons (Fsp3) is 0.524. The minimum absolute atomic E-state index is 0.565. The van der Waals surface area contributed by atoms with Crippen LogP contribution in [0.5, 0.6) is 0 Å².